The molecule has 0 heterocycles. The second kappa shape index (κ2) is 9.71. The average Bonchev–Trinajstić information content (AvgIpc) is 2.41. The van der Waals surface area contributed by atoms with Crippen molar-refractivity contribution in [3.8, 4) is 5.75 Å². The molecule has 0 aromatic heterocycles. The third-order valence-corrected chi connectivity index (χ3v) is 4.09. The van der Waals surface area contributed by atoms with Gasteiger partial charge in [0.1, 0.15) is 10.8 Å². The van der Waals surface area contributed by atoms with Crippen molar-refractivity contribution < 1.29 is 9.84 Å². The molecule has 0 amide bonds. The fraction of sp³-hybridized carbons (Fsp3) is 0.571. The van der Waals surface area contributed by atoms with Crippen LogP contribution in [0, 0.1) is 0 Å². The quantitative estimate of drug-likeness (QED) is 0.489. The van der Waals surface area contributed by atoms with Crippen molar-refractivity contribution in [1.29, 1.82) is 0 Å². The molecule has 0 saturated heterocycles. The van der Waals surface area contributed by atoms with Crippen LogP contribution in [0.25, 0.3) is 0 Å². The molecule has 0 aliphatic rings. The maximum Gasteiger partial charge on any atom is 0.139 e. The first kappa shape index (κ1) is 16.9. The highest BCUT2D eigenvalue weighted by Crippen LogP contribution is 2.37. The predicted octanol–water partition coefficient (Wildman–Crippen LogP) is 5.36. The summed E-state index contributed by atoms with van der Waals surface area (Å²) in [6.07, 6.45) is 6.41. The fourth-order valence-electron chi connectivity index (χ4n) is 1.72. The number of unbranched alkanes of at least 4 members (excludes halogenated alkanes) is 5. The van der Waals surface area contributed by atoms with Crippen LogP contribution in [0.3, 0.4) is 0 Å². The zero-order chi connectivity index (χ0) is 14.1. The number of halogens is 3. The molecule has 0 bridgehead atoms. The van der Waals surface area contributed by atoms with Gasteiger partial charge in [-0.3, -0.25) is 0 Å². The summed E-state index contributed by atoms with van der Waals surface area (Å²) in [5, 5.41) is 9.79. The zero-order valence-electron chi connectivity index (χ0n) is 10.8. The van der Waals surface area contributed by atoms with Crippen LogP contribution in [-0.2, 0) is 0 Å². The largest absolute Gasteiger partial charge is 0.492 e. The first-order valence-corrected chi connectivity index (χ1v) is 7.67. The Morgan fingerprint density at radius 2 is 1.47 bits per heavy atom. The number of hydrogen-bond donors (Lipinski definition) is 1. The van der Waals surface area contributed by atoms with E-state index >= 15 is 0 Å². The van der Waals surface area contributed by atoms with Gasteiger partial charge in [-0.1, -0.05) is 60.5 Å². The smallest absolute Gasteiger partial charge is 0.139 e. The Kier molecular flexibility index (Phi) is 8.64. The topological polar surface area (TPSA) is 29.5 Å². The maximum atomic E-state index is 8.65. The SMILES string of the molecule is OCCCCCCCCOc1ccc(Cl)c(Cl)c1Cl. The Balaban J connectivity index is 2.18. The second-order valence-corrected chi connectivity index (χ2v) is 5.53. The van der Waals surface area contributed by atoms with Crippen molar-refractivity contribution in [3.05, 3.63) is 27.2 Å². The molecule has 0 unspecified atom stereocenters. The Bertz CT molecular complexity index is 383. The summed E-state index contributed by atoms with van der Waals surface area (Å²) in [7, 11) is 0. The molecule has 0 aliphatic heterocycles. The molecule has 0 spiro atoms. The molecule has 19 heavy (non-hydrogen) atoms. The first-order valence-electron chi connectivity index (χ1n) is 6.54. The van der Waals surface area contributed by atoms with Crippen LogP contribution in [0.15, 0.2) is 12.1 Å². The Hall–Kier alpha value is -0.150. The van der Waals surface area contributed by atoms with Gasteiger partial charge in [-0.15, -0.1) is 0 Å². The van der Waals surface area contributed by atoms with Crippen molar-refractivity contribution >= 4 is 34.8 Å². The highest BCUT2D eigenvalue weighted by Gasteiger charge is 2.09. The third kappa shape index (κ3) is 6.22. The zero-order valence-corrected chi connectivity index (χ0v) is 13.1. The van der Waals surface area contributed by atoms with Crippen LogP contribution in [0.1, 0.15) is 38.5 Å². The van der Waals surface area contributed by atoms with E-state index in [1.807, 2.05) is 0 Å². The lowest BCUT2D eigenvalue weighted by Crippen LogP contribution is -1.98. The van der Waals surface area contributed by atoms with Gasteiger partial charge >= 0.3 is 0 Å². The molecule has 108 valence electrons. The van der Waals surface area contributed by atoms with Gasteiger partial charge in [-0.2, -0.15) is 0 Å². The van der Waals surface area contributed by atoms with Crippen LogP contribution in [-0.4, -0.2) is 18.3 Å². The van der Waals surface area contributed by atoms with Gasteiger partial charge in [0.25, 0.3) is 0 Å². The van der Waals surface area contributed by atoms with Crippen LogP contribution >= 0.6 is 34.8 Å². The number of aliphatic hydroxyl groups excluding tert-OH is 1. The van der Waals surface area contributed by atoms with Crippen LogP contribution in [0.2, 0.25) is 15.1 Å². The third-order valence-electron chi connectivity index (χ3n) is 2.81. The lowest BCUT2D eigenvalue weighted by atomic mass is 10.1. The van der Waals surface area contributed by atoms with E-state index in [1.54, 1.807) is 12.1 Å². The number of aliphatic hydroxyl groups is 1. The molecule has 1 aromatic rings. The minimum atomic E-state index is 0.291. The molecule has 1 N–H and O–H groups in total. The standard InChI is InChI=1S/C14H19Cl3O2/c15-11-7-8-12(14(17)13(11)16)19-10-6-4-2-1-3-5-9-18/h7-8,18H,1-6,9-10H2. The predicted molar refractivity (Wildman–Crippen MR) is 81.8 cm³/mol. The lowest BCUT2D eigenvalue weighted by molar-refractivity contribution is 0.280. The van der Waals surface area contributed by atoms with E-state index in [0.717, 1.165) is 32.1 Å². The van der Waals surface area contributed by atoms with E-state index in [0.29, 0.717) is 34.0 Å². The molecule has 0 aliphatic carbocycles. The minimum absolute atomic E-state index is 0.291. The number of hydrogen-bond acceptors (Lipinski definition) is 2. The lowest BCUT2D eigenvalue weighted by Gasteiger charge is -2.09. The fourth-order valence-corrected chi connectivity index (χ4v) is 2.30. The number of benzene rings is 1. The molecule has 0 saturated carbocycles. The van der Waals surface area contributed by atoms with Gasteiger partial charge < -0.3 is 9.84 Å². The summed E-state index contributed by atoms with van der Waals surface area (Å²) < 4.78 is 5.59. The summed E-state index contributed by atoms with van der Waals surface area (Å²) in [5.74, 6) is 0.580. The van der Waals surface area contributed by atoms with Crippen molar-refractivity contribution in [2.75, 3.05) is 13.2 Å². The van der Waals surface area contributed by atoms with Gasteiger partial charge in [0, 0.05) is 6.61 Å². The summed E-state index contributed by atoms with van der Waals surface area (Å²) in [5.41, 5.74) is 0. The molecule has 2 nitrogen and oxygen atoms in total. The molecule has 1 rings (SSSR count). The number of ether oxygens (including phenoxy) is 1. The summed E-state index contributed by atoms with van der Waals surface area (Å²) in [6, 6.07) is 3.41. The second-order valence-electron chi connectivity index (χ2n) is 4.37. The summed E-state index contributed by atoms with van der Waals surface area (Å²) in [6.45, 7) is 0.913. The average molecular weight is 326 g/mol. The van der Waals surface area contributed by atoms with E-state index in [9.17, 15) is 0 Å². The highest BCUT2D eigenvalue weighted by molar-refractivity contribution is 6.48. The molecule has 5 heteroatoms. The molecule has 1 aromatic carbocycles. The van der Waals surface area contributed by atoms with Crippen molar-refractivity contribution in [2.24, 2.45) is 0 Å². The molecule has 0 radical (unpaired) electrons. The maximum absolute atomic E-state index is 8.65. The van der Waals surface area contributed by atoms with Gasteiger partial charge in [0.15, 0.2) is 0 Å². The van der Waals surface area contributed by atoms with Crippen LogP contribution < -0.4 is 4.74 Å². The Labute approximate surface area is 129 Å². The number of rotatable bonds is 9. The van der Waals surface area contributed by atoms with Gasteiger partial charge in [0.2, 0.25) is 0 Å². The van der Waals surface area contributed by atoms with Crippen molar-refractivity contribution in [3.63, 3.8) is 0 Å². The van der Waals surface area contributed by atoms with Crippen molar-refractivity contribution in [1.82, 2.24) is 0 Å². The molecule has 0 fully saturated rings. The van der Waals surface area contributed by atoms with Gasteiger partial charge in [-0.05, 0) is 25.0 Å². The Morgan fingerprint density at radius 3 is 2.16 bits per heavy atom. The van der Waals surface area contributed by atoms with E-state index in [4.69, 9.17) is 44.6 Å². The van der Waals surface area contributed by atoms with Crippen LogP contribution in [0.4, 0.5) is 0 Å². The minimum Gasteiger partial charge on any atom is -0.492 e. The molecule has 0 atom stereocenters. The molecular weight excluding hydrogens is 307 g/mol. The van der Waals surface area contributed by atoms with E-state index in [-0.39, 0.29) is 0 Å². The summed E-state index contributed by atoms with van der Waals surface area (Å²) in [4.78, 5) is 0. The van der Waals surface area contributed by atoms with E-state index < -0.39 is 0 Å². The van der Waals surface area contributed by atoms with Crippen molar-refractivity contribution in [2.45, 2.75) is 38.5 Å². The normalized spacial score (nSPS) is 10.7. The monoisotopic (exact) mass is 324 g/mol. The van der Waals surface area contributed by atoms with Crippen LogP contribution in [0.5, 0.6) is 5.75 Å². The highest BCUT2D eigenvalue weighted by atomic mass is 35.5. The van der Waals surface area contributed by atoms with E-state index in [1.165, 1.54) is 6.42 Å². The van der Waals surface area contributed by atoms with Gasteiger partial charge in [0.05, 0.1) is 16.7 Å². The molecular formula is C14H19Cl3O2. The Morgan fingerprint density at radius 1 is 0.842 bits per heavy atom. The van der Waals surface area contributed by atoms with E-state index in [2.05, 4.69) is 0 Å². The summed E-state index contributed by atoms with van der Waals surface area (Å²) >= 11 is 17.8. The first-order chi connectivity index (χ1) is 9.16. The van der Waals surface area contributed by atoms with Gasteiger partial charge in [-0.25, -0.2) is 0 Å².